The fraction of sp³-hybridized carbons (Fsp3) is 0.355. The number of anilines is 2. The molecule has 0 N–H and O–H groups in total. The van der Waals surface area contributed by atoms with Crippen molar-refractivity contribution in [3.05, 3.63) is 89.4 Å². The lowest BCUT2D eigenvalue weighted by molar-refractivity contribution is -0.274. The van der Waals surface area contributed by atoms with Gasteiger partial charge in [0.05, 0.1) is 11.4 Å². The molecule has 0 radical (unpaired) electrons. The second kappa shape index (κ2) is 13.2. The summed E-state index contributed by atoms with van der Waals surface area (Å²) in [7, 11) is 0. The maximum absolute atomic E-state index is 15.3. The van der Waals surface area contributed by atoms with E-state index in [1.165, 1.54) is 36.5 Å². The van der Waals surface area contributed by atoms with Crippen LogP contribution >= 0.6 is 12.4 Å². The Bertz CT molecular complexity index is 1580. The molecule has 0 spiro atoms. The number of nitrogens with zero attached hydrogens (tertiary/aromatic N) is 4. The molecule has 4 aromatic rings. The van der Waals surface area contributed by atoms with E-state index in [-0.39, 0.29) is 42.2 Å². The van der Waals surface area contributed by atoms with Crippen LogP contribution in [0.5, 0.6) is 5.75 Å². The fourth-order valence-electron chi connectivity index (χ4n) is 5.55. The molecule has 2 aromatic heterocycles. The number of ether oxygens (including phenoxy) is 1. The Kier molecular flexibility index (Phi) is 9.84. The van der Waals surface area contributed by atoms with Crippen molar-refractivity contribution in [2.45, 2.75) is 51.9 Å². The summed E-state index contributed by atoms with van der Waals surface area (Å²) in [6, 6.07) is 13.4. The molecule has 5 rings (SSSR count). The van der Waals surface area contributed by atoms with E-state index in [1.807, 2.05) is 24.8 Å². The first-order chi connectivity index (χ1) is 20.1. The predicted molar refractivity (Wildman–Crippen MR) is 158 cm³/mol. The highest BCUT2D eigenvalue weighted by molar-refractivity contribution is 5.96. The number of aromatic nitrogens is 2. The molecule has 1 atom stereocenters. The van der Waals surface area contributed by atoms with Gasteiger partial charge in [-0.2, -0.15) is 0 Å². The van der Waals surface area contributed by atoms with Gasteiger partial charge in [0.15, 0.2) is 5.78 Å². The van der Waals surface area contributed by atoms with Crippen LogP contribution in [0, 0.1) is 11.6 Å². The maximum Gasteiger partial charge on any atom is 0.573 e. The number of hydrogen-bond acceptors (Lipinski definition) is 5. The lowest BCUT2D eigenvalue weighted by Gasteiger charge is -2.43. The van der Waals surface area contributed by atoms with Gasteiger partial charge >= 0.3 is 6.36 Å². The summed E-state index contributed by atoms with van der Waals surface area (Å²) in [5, 5.41) is 0. The van der Waals surface area contributed by atoms with E-state index in [4.69, 9.17) is 0 Å². The standard InChI is InChI=1S/C31H31F5N4O2.ClH/c1-3-22-19-38(15-16-39(22)23-7-9-24(10-8-23)42-31(34,35)36)27-11-5-20(17-25(27)33)6-12-28(41)30-26(4-2)37-29-18-21(32)13-14-40(29)30;/h5,7-11,13-14,17-18,22H,3-4,6,12,15-16,19H2,1-2H3;1H/t22-;/m0./s1. The Labute approximate surface area is 252 Å². The van der Waals surface area contributed by atoms with Gasteiger partial charge in [-0.3, -0.25) is 9.20 Å². The van der Waals surface area contributed by atoms with Crippen LogP contribution in [0.15, 0.2) is 60.8 Å². The molecule has 43 heavy (non-hydrogen) atoms. The summed E-state index contributed by atoms with van der Waals surface area (Å²) < 4.78 is 72.1. The van der Waals surface area contributed by atoms with Gasteiger partial charge in [0, 0.05) is 50.0 Å². The largest absolute Gasteiger partial charge is 0.573 e. The van der Waals surface area contributed by atoms with E-state index in [9.17, 15) is 22.4 Å². The zero-order valence-corrected chi connectivity index (χ0v) is 24.5. The number of benzene rings is 2. The molecule has 0 amide bonds. The molecule has 2 aromatic carbocycles. The van der Waals surface area contributed by atoms with Gasteiger partial charge in [-0.15, -0.1) is 25.6 Å². The van der Waals surface area contributed by atoms with Crippen LogP contribution in [0.1, 0.15) is 48.4 Å². The minimum atomic E-state index is -4.75. The zero-order valence-electron chi connectivity index (χ0n) is 23.7. The number of carbonyl (C=O) groups is 1. The molecule has 1 fully saturated rings. The van der Waals surface area contributed by atoms with Crippen molar-refractivity contribution in [2.75, 3.05) is 29.4 Å². The third-order valence-corrected chi connectivity index (χ3v) is 7.61. The molecule has 0 bridgehead atoms. The molecule has 230 valence electrons. The molecule has 1 saturated heterocycles. The highest BCUT2D eigenvalue weighted by Crippen LogP contribution is 2.30. The number of Topliss-reactive ketones (excluding diaryl/α,β-unsaturated/α-hetero) is 1. The molecular weight excluding hydrogens is 591 g/mol. The number of ketones is 1. The van der Waals surface area contributed by atoms with E-state index in [0.717, 1.165) is 12.1 Å². The summed E-state index contributed by atoms with van der Waals surface area (Å²) in [5.41, 5.74) is 3.34. The summed E-state index contributed by atoms with van der Waals surface area (Å²) in [5.74, 6) is -1.22. The summed E-state index contributed by atoms with van der Waals surface area (Å²) >= 11 is 0. The third-order valence-electron chi connectivity index (χ3n) is 7.61. The molecule has 3 heterocycles. The smallest absolute Gasteiger partial charge is 0.406 e. The van der Waals surface area contributed by atoms with Crippen molar-refractivity contribution in [2.24, 2.45) is 0 Å². The monoisotopic (exact) mass is 622 g/mol. The van der Waals surface area contributed by atoms with E-state index in [2.05, 4.69) is 14.6 Å². The van der Waals surface area contributed by atoms with Crippen LogP contribution in [0.3, 0.4) is 0 Å². The van der Waals surface area contributed by atoms with Gasteiger partial charge in [-0.25, -0.2) is 13.8 Å². The number of alkyl halides is 3. The second-order valence-corrected chi connectivity index (χ2v) is 10.3. The highest BCUT2D eigenvalue weighted by Gasteiger charge is 2.32. The number of piperazine rings is 1. The molecule has 1 aliphatic heterocycles. The quantitative estimate of drug-likeness (QED) is 0.144. The molecule has 1 aliphatic rings. The van der Waals surface area contributed by atoms with Crippen LogP contribution < -0.4 is 14.5 Å². The Morgan fingerprint density at radius 1 is 1.02 bits per heavy atom. The van der Waals surface area contributed by atoms with Crippen molar-refractivity contribution < 1.29 is 31.5 Å². The zero-order chi connectivity index (χ0) is 30.0. The number of rotatable bonds is 9. The summed E-state index contributed by atoms with van der Waals surface area (Å²) in [6.07, 6.45) is -1.47. The van der Waals surface area contributed by atoms with Crippen molar-refractivity contribution in [1.82, 2.24) is 9.38 Å². The SMILES string of the molecule is CCc1nc2cc(F)ccn2c1C(=O)CCc1ccc(N2CCN(c3ccc(OC(F)(F)F)cc3)[C@@H](CC)C2)c(F)c1.Cl. The van der Waals surface area contributed by atoms with Crippen molar-refractivity contribution in [3.63, 3.8) is 0 Å². The average Bonchev–Trinajstić information content (AvgIpc) is 3.33. The number of carbonyl (C=O) groups excluding carboxylic acids is 1. The second-order valence-electron chi connectivity index (χ2n) is 10.3. The molecule has 0 aliphatic carbocycles. The van der Waals surface area contributed by atoms with Crippen molar-refractivity contribution in [1.29, 1.82) is 0 Å². The summed E-state index contributed by atoms with van der Waals surface area (Å²) in [6.45, 7) is 5.54. The van der Waals surface area contributed by atoms with Crippen molar-refractivity contribution in [3.8, 4) is 5.75 Å². The number of fused-ring (bicyclic) bond motifs is 1. The number of halogens is 6. The Morgan fingerprint density at radius 3 is 2.42 bits per heavy atom. The molecule has 0 unspecified atom stereocenters. The lowest BCUT2D eigenvalue weighted by Crippen LogP contribution is -2.53. The van der Waals surface area contributed by atoms with Gasteiger partial charge in [0.2, 0.25) is 0 Å². The molecular formula is C31H32ClF5N4O2. The third kappa shape index (κ3) is 7.21. The highest BCUT2D eigenvalue weighted by atomic mass is 35.5. The van der Waals surface area contributed by atoms with E-state index in [1.54, 1.807) is 22.6 Å². The van der Waals surface area contributed by atoms with Crippen molar-refractivity contribution >= 4 is 35.2 Å². The topological polar surface area (TPSA) is 50.1 Å². The predicted octanol–water partition coefficient (Wildman–Crippen LogP) is 7.42. The Hall–Kier alpha value is -3.86. The Balaban J connectivity index is 0.00000423. The van der Waals surface area contributed by atoms with Gasteiger partial charge < -0.3 is 14.5 Å². The number of aryl methyl sites for hydroxylation is 2. The van der Waals surface area contributed by atoms with Gasteiger partial charge in [-0.1, -0.05) is 19.9 Å². The molecule has 6 nitrogen and oxygen atoms in total. The van der Waals surface area contributed by atoms with Crippen LogP contribution in [0.2, 0.25) is 0 Å². The number of imidazole rings is 1. The number of pyridine rings is 1. The number of hydrogen-bond donors (Lipinski definition) is 0. The lowest BCUT2D eigenvalue weighted by atomic mass is 10.0. The normalized spacial score (nSPS) is 15.5. The first-order valence-electron chi connectivity index (χ1n) is 13.9. The van der Waals surface area contributed by atoms with Gasteiger partial charge in [0.1, 0.15) is 28.7 Å². The maximum atomic E-state index is 15.3. The first-order valence-corrected chi connectivity index (χ1v) is 13.9. The van der Waals surface area contributed by atoms with E-state index >= 15 is 4.39 Å². The van der Waals surface area contributed by atoms with Crippen LogP contribution in [-0.2, 0) is 12.8 Å². The van der Waals surface area contributed by atoms with Gasteiger partial charge in [0.25, 0.3) is 0 Å². The Morgan fingerprint density at radius 2 is 1.77 bits per heavy atom. The van der Waals surface area contributed by atoms with Crippen LogP contribution in [-0.4, -0.2) is 47.2 Å². The van der Waals surface area contributed by atoms with E-state index < -0.39 is 12.2 Å². The molecule has 12 heteroatoms. The van der Waals surface area contributed by atoms with Gasteiger partial charge in [-0.05, 0) is 67.3 Å². The fourth-order valence-corrected chi connectivity index (χ4v) is 5.55. The average molecular weight is 623 g/mol. The summed E-state index contributed by atoms with van der Waals surface area (Å²) in [4.78, 5) is 21.6. The van der Waals surface area contributed by atoms with Crippen LogP contribution in [0.25, 0.3) is 5.65 Å². The minimum absolute atomic E-state index is 0. The minimum Gasteiger partial charge on any atom is -0.406 e. The van der Waals surface area contributed by atoms with Crippen LogP contribution in [0.4, 0.5) is 33.3 Å². The molecule has 0 saturated carbocycles. The first kappa shape index (κ1) is 32.1. The van der Waals surface area contributed by atoms with E-state index in [0.29, 0.717) is 60.8 Å².